The molecule has 2 heterocycles. The van der Waals surface area contributed by atoms with Gasteiger partial charge in [-0.05, 0) is 41.2 Å². The van der Waals surface area contributed by atoms with Crippen LogP contribution in [0.3, 0.4) is 0 Å². The molecule has 2 amide bonds. The second kappa shape index (κ2) is 8.52. The SMILES string of the molecule is CCOC(=O)N1C(=O)[C@H](O[Si](C(C)C)(C(C)C)C(C)C)[C@@H]1c1ccncc1. The number of ether oxygens (including phenoxy) is 1. The molecule has 1 aromatic heterocycles. The first-order valence-electron chi connectivity index (χ1n) is 9.75. The molecule has 1 aromatic rings. The van der Waals surface area contributed by atoms with Gasteiger partial charge in [0.25, 0.3) is 5.91 Å². The highest BCUT2D eigenvalue weighted by molar-refractivity contribution is 6.77. The number of rotatable bonds is 7. The first-order valence-corrected chi connectivity index (χ1v) is 11.9. The third-order valence-electron chi connectivity index (χ3n) is 5.60. The van der Waals surface area contributed by atoms with E-state index in [1.54, 1.807) is 19.3 Å². The summed E-state index contributed by atoms with van der Waals surface area (Å²) >= 11 is 0. The molecule has 1 fully saturated rings. The van der Waals surface area contributed by atoms with Crippen LogP contribution < -0.4 is 0 Å². The Labute approximate surface area is 163 Å². The van der Waals surface area contributed by atoms with Crippen molar-refractivity contribution in [3.63, 3.8) is 0 Å². The normalized spacial score (nSPS) is 20.4. The highest BCUT2D eigenvalue weighted by Crippen LogP contribution is 2.47. The molecule has 0 N–H and O–H groups in total. The van der Waals surface area contributed by atoms with Crippen molar-refractivity contribution in [2.24, 2.45) is 0 Å². The van der Waals surface area contributed by atoms with Crippen molar-refractivity contribution >= 4 is 20.3 Å². The van der Waals surface area contributed by atoms with Gasteiger partial charge in [-0.3, -0.25) is 9.78 Å². The maximum atomic E-state index is 12.9. The van der Waals surface area contributed by atoms with Crippen LogP contribution in [0.1, 0.15) is 60.1 Å². The van der Waals surface area contributed by atoms with Crippen LogP contribution >= 0.6 is 0 Å². The maximum absolute atomic E-state index is 12.9. The van der Waals surface area contributed by atoms with Gasteiger partial charge in [0.2, 0.25) is 8.32 Å². The lowest BCUT2D eigenvalue weighted by Crippen LogP contribution is -2.66. The molecule has 0 radical (unpaired) electrons. The van der Waals surface area contributed by atoms with Crippen LogP contribution in [0.25, 0.3) is 0 Å². The first kappa shape index (κ1) is 21.6. The Hall–Kier alpha value is -1.73. The summed E-state index contributed by atoms with van der Waals surface area (Å²) in [6, 6.07) is 3.18. The molecule has 0 aromatic carbocycles. The molecule has 1 aliphatic heterocycles. The summed E-state index contributed by atoms with van der Waals surface area (Å²) in [5.74, 6) is -0.311. The number of aromatic nitrogens is 1. The van der Waals surface area contributed by atoms with Crippen molar-refractivity contribution in [3.8, 4) is 0 Å². The summed E-state index contributed by atoms with van der Waals surface area (Å²) in [5.41, 5.74) is 1.88. The standard InChI is InChI=1S/C20H32N2O4Si/c1-8-25-20(24)22-17(16-9-11-21-12-10-16)18(19(22)23)26-27(13(2)3,14(4)5)15(6)7/h9-15,17-18H,8H2,1-7H3/t17-,18+/m0/s1. The van der Waals surface area contributed by atoms with Gasteiger partial charge in [-0.15, -0.1) is 0 Å². The van der Waals surface area contributed by atoms with Crippen LogP contribution in [0.2, 0.25) is 16.6 Å². The van der Waals surface area contributed by atoms with Crippen LogP contribution in [0.15, 0.2) is 24.5 Å². The topological polar surface area (TPSA) is 68.7 Å². The molecular weight excluding hydrogens is 360 g/mol. The molecule has 2 atom stereocenters. The minimum atomic E-state index is -2.27. The second-order valence-electron chi connectivity index (χ2n) is 7.99. The smallest absolute Gasteiger partial charge is 0.417 e. The fourth-order valence-electron chi connectivity index (χ4n) is 4.49. The fourth-order valence-corrected chi connectivity index (χ4v) is 9.97. The summed E-state index contributed by atoms with van der Waals surface area (Å²) in [6.07, 6.45) is 2.05. The van der Waals surface area contributed by atoms with Gasteiger partial charge in [0, 0.05) is 12.4 Å². The molecule has 27 heavy (non-hydrogen) atoms. The lowest BCUT2D eigenvalue weighted by molar-refractivity contribution is -0.161. The monoisotopic (exact) mass is 392 g/mol. The number of carbonyl (C=O) groups excluding carboxylic acids is 2. The molecule has 6 nitrogen and oxygen atoms in total. The van der Waals surface area contributed by atoms with Gasteiger partial charge in [-0.25, -0.2) is 9.69 Å². The van der Waals surface area contributed by atoms with Gasteiger partial charge in [0.15, 0.2) is 6.10 Å². The number of hydrogen-bond acceptors (Lipinski definition) is 5. The van der Waals surface area contributed by atoms with E-state index in [1.807, 2.05) is 12.1 Å². The van der Waals surface area contributed by atoms with Crippen LogP contribution in [0.4, 0.5) is 4.79 Å². The van der Waals surface area contributed by atoms with Crippen molar-refractivity contribution in [1.29, 1.82) is 0 Å². The lowest BCUT2D eigenvalue weighted by atomic mass is 9.92. The first-order chi connectivity index (χ1) is 12.7. The van der Waals surface area contributed by atoms with E-state index in [0.717, 1.165) is 5.56 Å². The summed E-state index contributed by atoms with van der Waals surface area (Å²) in [4.78, 5) is 30.5. The Bertz CT molecular complexity index is 641. The van der Waals surface area contributed by atoms with Gasteiger partial charge >= 0.3 is 6.09 Å². The largest absolute Gasteiger partial charge is 0.449 e. The van der Waals surface area contributed by atoms with Gasteiger partial charge in [-0.1, -0.05) is 41.5 Å². The summed E-state index contributed by atoms with van der Waals surface area (Å²) in [5, 5.41) is 0. The molecule has 7 heteroatoms. The van der Waals surface area contributed by atoms with E-state index in [1.165, 1.54) is 4.90 Å². The Kier molecular flexibility index (Phi) is 6.81. The van der Waals surface area contributed by atoms with E-state index >= 15 is 0 Å². The number of nitrogens with zero attached hydrogens (tertiary/aromatic N) is 2. The van der Waals surface area contributed by atoms with Gasteiger partial charge in [0.05, 0.1) is 6.61 Å². The molecule has 0 saturated carbocycles. The molecular formula is C20H32N2O4Si. The highest BCUT2D eigenvalue weighted by Gasteiger charge is 2.58. The Morgan fingerprint density at radius 3 is 2.07 bits per heavy atom. The molecule has 150 valence electrons. The molecule has 0 unspecified atom stereocenters. The summed E-state index contributed by atoms with van der Waals surface area (Å²) in [7, 11) is -2.27. The fraction of sp³-hybridized carbons (Fsp3) is 0.650. The quantitative estimate of drug-likeness (QED) is 0.498. The summed E-state index contributed by atoms with van der Waals surface area (Å²) in [6.45, 7) is 15.0. The molecule has 0 aliphatic carbocycles. The minimum Gasteiger partial charge on any atom is -0.449 e. The average Bonchev–Trinajstić information content (AvgIpc) is 2.59. The number of amides is 2. The zero-order valence-corrected chi connectivity index (χ0v) is 18.4. The zero-order chi connectivity index (χ0) is 20.4. The van der Waals surface area contributed by atoms with E-state index in [2.05, 4.69) is 46.5 Å². The van der Waals surface area contributed by atoms with E-state index in [-0.39, 0.29) is 12.5 Å². The van der Waals surface area contributed by atoms with E-state index in [9.17, 15) is 9.59 Å². The molecule has 1 saturated heterocycles. The average molecular weight is 393 g/mol. The van der Waals surface area contributed by atoms with Gasteiger partial charge < -0.3 is 9.16 Å². The van der Waals surface area contributed by atoms with Crippen molar-refractivity contribution in [2.45, 2.75) is 77.2 Å². The summed E-state index contributed by atoms with van der Waals surface area (Å²) < 4.78 is 11.8. The van der Waals surface area contributed by atoms with Crippen LogP contribution in [-0.2, 0) is 14.0 Å². The van der Waals surface area contributed by atoms with Gasteiger partial charge in [-0.2, -0.15) is 0 Å². The van der Waals surface area contributed by atoms with Crippen molar-refractivity contribution < 1.29 is 18.8 Å². The highest BCUT2D eigenvalue weighted by atomic mass is 28.4. The van der Waals surface area contributed by atoms with Crippen molar-refractivity contribution in [2.75, 3.05) is 6.61 Å². The molecule has 2 rings (SSSR count). The number of β-lactam (4-membered cyclic amide) rings is 1. The Morgan fingerprint density at radius 1 is 1.11 bits per heavy atom. The number of carbonyl (C=O) groups is 2. The number of hydrogen-bond donors (Lipinski definition) is 0. The lowest BCUT2D eigenvalue weighted by Gasteiger charge is -2.51. The molecule has 1 aliphatic rings. The molecule has 0 bridgehead atoms. The third kappa shape index (κ3) is 3.80. The minimum absolute atomic E-state index is 0.222. The van der Waals surface area contributed by atoms with Crippen molar-refractivity contribution in [3.05, 3.63) is 30.1 Å². The van der Waals surface area contributed by atoms with Crippen LogP contribution in [0.5, 0.6) is 0 Å². The third-order valence-corrected chi connectivity index (χ3v) is 11.7. The predicted molar refractivity (Wildman–Crippen MR) is 107 cm³/mol. The maximum Gasteiger partial charge on any atom is 0.417 e. The number of likely N-dealkylation sites (tertiary alicyclic amines) is 1. The van der Waals surface area contributed by atoms with Crippen molar-refractivity contribution in [1.82, 2.24) is 9.88 Å². The van der Waals surface area contributed by atoms with E-state index in [4.69, 9.17) is 9.16 Å². The zero-order valence-electron chi connectivity index (χ0n) is 17.4. The van der Waals surface area contributed by atoms with Crippen LogP contribution in [0, 0.1) is 0 Å². The molecule has 0 spiro atoms. The predicted octanol–water partition coefficient (Wildman–Crippen LogP) is 4.68. The van der Waals surface area contributed by atoms with Gasteiger partial charge in [0.1, 0.15) is 6.04 Å². The van der Waals surface area contributed by atoms with Crippen LogP contribution in [-0.4, -0.2) is 42.9 Å². The Balaban J connectivity index is 2.42. The Morgan fingerprint density at radius 2 is 1.63 bits per heavy atom. The van der Waals surface area contributed by atoms with E-state index in [0.29, 0.717) is 16.6 Å². The second-order valence-corrected chi connectivity index (χ2v) is 13.4. The number of imide groups is 1. The number of pyridine rings is 1. The van der Waals surface area contributed by atoms with E-state index < -0.39 is 26.6 Å².